The molecule has 1 radical (unpaired) electrons. The van der Waals surface area contributed by atoms with Gasteiger partial charge in [0.25, 0.3) is 0 Å². The fraction of sp³-hybridized carbons (Fsp3) is 0.300. The zero-order chi connectivity index (χ0) is 19.5. The van der Waals surface area contributed by atoms with Gasteiger partial charge in [0.05, 0.1) is 25.3 Å². The Morgan fingerprint density at radius 3 is 1.48 bits per heavy atom. The van der Waals surface area contributed by atoms with Crippen molar-refractivity contribution < 1.29 is 18.9 Å². The predicted molar refractivity (Wildman–Crippen MR) is 104 cm³/mol. The summed E-state index contributed by atoms with van der Waals surface area (Å²) < 4.78 is 10.9. The molecule has 0 aliphatic carbocycles. The van der Waals surface area contributed by atoms with E-state index in [1.807, 2.05) is 60.7 Å². The van der Waals surface area contributed by atoms with E-state index < -0.39 is 0 Å². The van der Waals surface area contributed by atoms with Gasteiger partial charge < -0.3 is 19.9 Å². The summed E-state index contributed by atoms with van der Waals surface area (Å²) in [4.78, 5) is 22.8. The predicted octanol–water partition coefficient (Wildman–Crippen LogP) is 2.31. The van der Waals surface area contributed by atoms with Gasteiger partial charge in [-0.25, -0.2) is 0 Å². The number of amides is 2. The molecule has 0 saturated heterocycles. The van der Waals surface area contributed by atoms with Crippen LogP contribution in [0.4, 0.5) is 0 Å². The molecule has 2 rings (SSSR count). The summed E-state index contributed by atoms with van der Waals surface area (Å²) in [6, 6.07) is 18.6. The van der Waals surface area contributed by atoms with Crippen LogP contribution in [0.5, 0.6) is 0 Å². The van der Waals surface area contributed by atoms with Crippen molar-refractivity contribution in [2.45, 2.75) is 25.9 Å². The van der Waals surface area contributed by atoms with Crippen molar-refractivity contribution in [3.8, 4) is 0 Å². The van der Waals surface area contributed by atoms with E-state index in [-0.39, 0.29) is 37.1 Å². The largest absolute Gasteiger partial charge is 0.488 e. The SMILES string of the molecule is CC(=O)N[C@H](CO[B]OC[C@@H](NC(C)=O)c1ccccc1)c1ccccc1. The highest BCUT2D eigenvalue weighted by atomic mass is 16.6. The van der Waals surface area contributed by atoms with E-state index in [1.165, 1.54) is 21.5 Å². The normalized spacial score (nSPS) is 12.7. The van der Waals surface area contributed by atoms with Crippen molar-refractivity contribution in [2.75, 3.05) is 13.2 Å². The van der Waals surface area contributed by atoms with E-state index in [2.05, 4.69) is 10.6 Å². The highest BCUT2D eigenvalue weighted by molar-refractivity contribution is 6.17. The van der Waals surface area contributed by atoms with Crippen LogP contribution in [0, 0.1) is 0 Å². The molecule has 2 aromatic rings. The van der Waals surface area contributed by atoms with E-state index in [1.54, 1.807) is 0 Å². The topological polar surface area (TPSA) is 76.7 Å². The van der Waals surface area contributed by atoms with Crippen molar-refractivity contribution in [2.24, 2.45) is 0 Å². The molecule has 0 fully saturated rings. The minimum atomic E-state index is -0.274. The van der Waals surface area contributed by atoms with Gasteiger partial charge in [0.15, 0.2) is 0 Å². The van der Waals surface area contributed by atoms with Gasteiger partial charge >= 0.3 is 7.69 Å². The van der Waals surface area contributed by atoms with Crippen molar-refractivity contribution in [1.82, 2.24) is 10.6 Å². The monoisotopic (exact) mass is 367 g/mol. The number of hydrogen-bond acceptors (Lipinski definition) is 4. The summed E-state index contributed by atoms with van der Waals surface area (Å²) in [6.07, 6.45) is 0. The van der Waals surface area contributed by atoms with Crippen LogP contribution in [-0.2, 0) is 18.9 Å². The first-order valence-electron chi connectivity index (χ1n) is 8.75. The highest BCUT2D eigenvalue weighted by Gasteiger charge is 2.15. The summed E-state index contributed by atoms with van der Waals surface area (Å²) in [5.41, 5.74) is 1.89. The maximum atomic E-state index is 11.4. The molecule has 141 valence electrons. The Labute approximate surface area is 160 Å². The molecule has 0 aliphatic heterocycles. The fourth-order valence-corrected chi connectivity index (χ4v) is 2.62. The van der Waals surface area contributed by atoms with Crippen molar-refractivity contribution >= 4 is 19.5 Å². The Morgan fingerprint density at radius 2 is 1.15 bits per heavy atom. The Bertz CT molecular complexity index is 651. The Hall–Kier alpha value is -2.64. The molecule has 27 heavy (non-hydrogen) atoms. The minimum absolute atomic E-state index is 0.136. The zero-order valence-corrected chi connectivity index (χ0v) is 15.6. The van der Waals surface area contributed by atoms with E-state index >= 15 is 0 Å². The highest BCUT2D eigenvalue weighted by Crippen LogP contribution is 2.14. The molecule has 2 aromatic carbocycles. The lowest BCUT2D eigenvalue weighted by Crippen LogP contribution is -2.32. The molecule has 2 atom stereocenters. The van der Waals surface area contributed by atoms with Crippen LogP contribution in [-0.4, -0.2) is 32.7 Å². The number of hydrogen-bond donors (Lipinski definition) is 2. The van der Waals surface area contributed by atoms with Crippen LogP contribution in [0.25, 0.3) is 0 Å². The third-order valence-corrected chi connectivity index (χ3v) is 3.82. The zero-order valence-electron chi connectivity index (χ0n) is 15.6. The van der Waals surface area contributed by atoms with Crippen molar-refractivity contribution in [1.29, 1.82) is 0 Å². The van der Waals surface area contributed by atoms with Crippen LogP contribution < -0.4 is 10.6 Å². The van der Waals surface area contributed by atoms with Gasteiger partial charge in [-0.15, -0.1) is 0 Å². The van der Waals surface area contributed by atoms with Crippen molar-refractivity contribution in [3.05, 3.63) is 71.8 Å². The summed E-state index contributed by atoms with van der Waals surface area (Å²) in [6.45, 7) is 3.40. The van der Waals surface area contributed by atoms with Crippen molar-refractivity contribution in [3.63, 3.8) is 0 Å². The minimum Gasteiger partial charge on any atom is -0.411 e. The molecule has 7 heteroatoms. The van der Waals surface area contributed by atoms with Crippen LogP contribution in [0.1, 0.15) is 37.1 Å². The van der Waals surface area contributed by atoms with Gasteiger partial charge in [-0.3, -0.25) is 9.59 Å². The Morgan fingerprint density at radius 1 is 0.778 bits per heavy atom. The lowest BCUT2D eigenvalue weighted by molar-refractivity contribution is -0.120. The molecule has 0 unspecified atom stereocenters. The lowest BCUT2D eigenvalue weighted by Gasteiger charge is -2.20. The van der Waals surface area contributed by atoms with Crippen LogP contribution in [0.3, 0.4) is 0 Å². The van der Waals surface area contributed by atoms with E-state index in [9.17, 15) is 9.59 Å². The third-order valence-electron chi connectivity index (χ3n) is 3.82. The standard InChI is InChI=1S/C20H24BN2O4/c1-15(24)22-19(17-9-5-3-6-10-17)13-26-21-27-14-20(23-16(2)25)18-11-7-4-8-12-18/h3-12,19-20H,13-14H2,1-2H3,(H,22,24)(H,23,25)/t19-,20-/m1/s1. The van der Waals surface area contributed by atoms with Gasteiger partial charge in [0, 0.05) is 13.8 Å². The Balaban J connectivity index is 1.82. The number of benzene rings is 2. The molecule has 0 bridgehead atoms. The second-order valence-corrected chi connectivity index (χ2v) is 6.09. The Kier molecular flexibility index (Phi) is 8.54. The number of nitrogens with one attached hydrogen (secondary N) is 2. The summed E-state index contributed by atoms with van der Waals surface area (Å²) in [5.74, 6) is -0.272. The maximum Gasteiger partial charge on any atom is 0.488 e. The molecule has 2 N–H and O–H groups in total. The van der Waals surface area contributed by atoms with Crippen LogP contribution >= 0.6 is 0 Å². The molecular formula is C20H24BN2O4. The molecule has 0 saturated carbocycles. The quantitative estimate of drug-likeness (QED) is 0.499. The van der Waals surface area contributed by atoms with Gasteiger partial charge in [0.1, 0.15) is 0 Å². The van der Waals surface area contributed by atoms with E-state index in [0.717, 1.165) is 11.1 Å². The van der Waals surface area contributed by atoms with Crippen LogP contribution in [0.15, 0.2) is 60.7 Å². The molecule has 0 heterocycles. The number of carbonyl (C=O) groups is 2. The smallest absolute Gasteiger partial charge is 0.411 e. The van der Waals surface area contributed by atoms with Crippen LogP contribution in [0.2, 0.25) is 0 Å². The molecular weight excluding hydrogens is 343 g/mol. The lowest BCUT2D eigenvalue weighted by atomic mass is 10.1. The maximum absolute atomic E-state index is 11.4. The average molecular weight is 367 g/mol. The molecule has 6 nitrogen and oxygen atoms in total. The third kappa shape index (κ3) is 7.64. The summed E-state index contributed by atoms with van der Waals surface area (Å²) in [7, 11) is 1.25. The first kappa shape index (κ1) is 20.7. The first-order chi connectivity index (χ1) is 13.1. The number of rotatable bonds is 10. The van der Waals surface area contributed by atoms with Gasteiger partial charge in [-0.1, -0.05) is 60.7 Å². The molecule has 0 aliphatic rings. The second-order valence-electron chi connectivity index (χ2n) is 6.09. The second kappa shape index (κ2) is 11.2. The van der Waals surface area contributed by atoms with Gasteiger partial charge in [-0.05, 0) is 11.1 Å². The fourth-order valence-electron chi connectivity index (χ4n) is 2.62. The molecule has 0 spiro atoms. The summed E-state index contributed by atoms with van der Waals surface area (Å²) >= 11 is 0. The number of carbonyl (C=O) groups excluding carboxylic acids is 2. The van der Waals surface area contributed by atoms with E-state index in [4.69, 9.17) is 9.31 Å². The van der Waals surface area contributed by atoms with E-state index in [0.29, 0.717) is 0 Å². The summed E-state index contributed by atoms with van der Waals surface area (Å²) in [5, 5.41) is 5.70. The van der Waals surface area contributed by atoms with Gasteiger partial charge in [0.2, 0.25) is 11.8 Å². The molecule has 0 aromatic heterocycles. The average Bonchev–Trinajstić information content (AvgIpc) is 2.66. The van der Waals surface area contributed by atoms with Gasteiger partial charge in [-0.2, -0.15) is 0 Å². The molecule has 2 amide bonds. The first-order valence-corrected chi connectivity index (χ1v) is 8.75.